The highest BCUT2D eigenvalue weighted by Crippen LogP contribution is 2.29. The Morgan fingerprint density at radius 3 is 2.70 bits per heavy atom. The number of likely N-dealkylation sites (tertiary alicyclic amines) is 1. The molecule has 40 heavy (non-hydrogen) atoms. The fraction of sp³-hybridized carbons (Fsp3) is 0.241. The lowest BCUT2D eigenvalue weighted by Gasteiger charge is -2.39. The Bertz CT molecular complexity index is 1660. The predicted octanol–water partition coefficient (Wildman–Crippen LogP) is 5.73. The lowest BCUT2D eigenvalue weighted by atomic mass is 9.92. The van der Waals surface area contributed by atoms with Crippen LogP contribution in [0.15, 0.2) is 71.6 Å². The third kappa shape index (κ3) is 5.82. The molecule has 11 heteroatoms. The van der Waals surface area contributed by atoms with Crippen LogP contribution in [0.25, 0.3) is 11.0 Å². The van der Waals surface area contributed by atoms with Gasteiger partial charge in [-0.3, -0.25) is 9.88 Å². The maximum atomic E-state index is 11.6. The molecule has 3 aromatic heterocycles. The summed E-state index contributed by atoms with van der Waals surface area (Å²) in [6, 6.07) is 14.2. The highest BCUT2D eigenvalue weighted by atomic mass is 35.5. The van der Waals surface area contributed by atoms with Gasteiger partial charge in [-0.2, -0.15) is 0 Å². The van der Waals surface area contributed by atoms with Crippen molar-refractivity contribution in [3.05, 3.63) is 106 Å². The van der Waals surface area contributed by atoms with E-state index in [1.165, 1.54) is 11.8 Å². The van der Waals surface area contributed by atoms with Gasteiger partial charge in [0.1, 0.15) is 31.0 Å². The molecule has 1 aliphatic rings. The van der Waals surface area contributed by atoms with Crippen molar-refractivity contribution in [2.45, 2.75) is 26.1 Å². The molecular weight excluding hydrogens is 553 g/mol. The monoisotopic (exact) mass is 577 g/mol. The van der Waals surface area contributed by atoms with Crippen LogP contribution in [0.5, 0.6) is 5.75 Å². The zero-order valence-corrected chi connectivity index (χ0v) is 22.8. The van der Waals surface area contributed by atoms with Gasteiger partial charge in [-0.25, -0.2) is 14.8 Å². The average molecular weight is 578 g/mol. The van der Waals surface area contributed by atoms with Gasteiger partial charge < -0.3 is 18.8 Å². The zero-order valence-electron chi connectivity index (χ0n) is 21.3. The van der Waals surface area contributed by atoms with Crippen LogP contribution in [-0.4, -0.2) is 48.6 Å². The Labute approximate surface area is 240 Å². The number of pyridine rings is 1. The SMILES string of the molecule is O=C(O)c1ccc2nc(CN3CC(Cc4ccnc(COc5ccc(Cl)cc5Cl)c4)C3)n(Cc3ncco3)c2c1. The molecule has 0 saturated carbocycles. The number of carbonyl (C=O) groups is 1. The maximum Gasteiger partial charge on any atom is 0.335 e. The minimum atomic E-state index is -0.975. The first kappa shape index (κ1) is 26.3. The predicted molar refractivity (Wildman–Crippen MR) is 150 cm³/mol. The molecule has 6 rings (SSSR count). The van der Waals surface area contributed by atoms with Crippen LogP contribution in [0.1, 0.15) is 33.3 Å². The van der Waals surface area contributed by atoms with E-state index in [1.54, 1.807) is 42.6 Å². The van der Waals surface area contributed by atoms with Crippen LogP contribution in [-0.2, 0) is 26.1 Å². The Kier molecular flexibility index (Phi) is 7.42. The van der Waals surface area contributed by atoms with Gasteiger partial charge >= 0.3 is 5.97 Å². The lowest BCUT2D eigenvalue weighted by molar-refractivity contribution is 0.0697. The highest BCUT2D eigenvalue weighted by Gasteiger charge is 2.28. The van der Waals surface area contributed by atoms with Crippen LogP contribution in [0, 0.1) is 5.92 Å². The van der Waals surface area contributed by atoms with Crippen molar-refractivity contribution < 1.29 is 19.1 Å². The van der Waals surface area contributed by atoms with E-state index in [1.807, 2.05) is 16.8 Å². The number of halogens is 2. The van der Waals surface area contributed by atoms with E-state index in [4.69, 9.17) is 37.3 Å². The fourth-order valence-corrected chi connectivity index (χ4v) is 5.48. The normalized spacial score (nSPS) is 13.9. The summed E-state index contributed by atoms with van der Waals surface area (Å²) in [4.78, 5) is 27.4. The lowest BCUT2D eigenvalue weighted by Crippen LogP contribution is -2.47. The van der Waals surface area contributed by atoms with Gasteiger partial charge in [0.2, 0.25) is 5.89 Å². The van der Waals surface area contributed by atoms with Gasteiger partial charge in [-0.15, -0.1) is 0 Å². The number of hydrogen-bond donors (Lipinski definition) is 1. The number of ether oxygens (including phenoxy) is 1. The van der Waals surface area contributed by atoms with E-state index in [0.717, 1.165) is 42.1 Å². The molecule has 9 nitrogen and oxygen atoms in total. The van der Waals surface area contributed by atoms with Crippen molar-refractivity contribution in [3.63, 3.8) is 0 Å². The average Bonchev–Trinajstić information content (AvgIpc) is 3.55. The molecule has 0 aliphatic carbocycles. The Morgan fingerprint density at radius 1 is 1.05 bits per heavy atom. The number of aromatic nitrogens is 4. The molecule has 0 radical (unpaired) electrons. The maximum absolute atomic E-state index is 11.6. The summed E-state index contributed by atoms with van der Waals surface area (Å²) in [7, 11) is 0. The Balaban J connectivity index is 1.09. The summed E-state index contributed by atoms with van der Waals surface area (Å²) < 4.78 is 13.3. The minimum absolute atomic E-state index is 0.218. The van der Waals surface area contributed by atoms with Crippen molar-refractivity contribution in [1.29, 1.82) is 0 Å². The molecule has 1 fully saturated rings. The second-order valence-corrected chi connectivity index (χ2v) is 10.7. The molecule has 0 amide bonds. The molecule has 0 spiro atoms. The number of nitrogens with zero attached hydrogens (tertiary/aromatic N) is 5. The van der Waals surface area contributed by atoms with Gasteiger partial charge in [0, 0.05) is 24.3 Å². The van der Waals surface area contributed by atoms with E-state index in [2.05, 4.69) is 20.9 Å². The van der Waals surface area contributed by atoms with E-state index in [-0.39, 0.29) is 5.56 Å². The van der Waals surface area contributed by atoms with Crippen LogP contribution in [0.2, 0.25) is 10.0 Å². The van der Waals surface area contributed by atoms with Crippen LogP contribution < -0.4 is 4.74 Å². The second-order valence-electron chi connectivity index (χ2n) is 9.83. The first-order valence-corrected chi connectivity index (χ1v) is 13.5. The highest BCUT2D eigenvalue weighted by molar-refractivity contribution is 6.35. The van der Waals surface area contributed by atoms with Gasteiger partial charge in [0.15, 0.2) is 0 Å². The molecule has 5 aromatic rings. The number of benzene rings is 2. The summed E-state index contributed by atoms with van der Waals surface area (Å²) >= 11 is 12.2. The summed E-state index contributed by atoms with van der Waals surface area (Å²) in [5.74, 6) is 1.49. The molecule has 1 aliphatic heterocycles. The smallest absolute Gasteiger partial charge is 0.335 e. The summed E-state index contributed by atoms with van der Waals surface area (Å²) in [5.41, 5.74) is 3.75. The van der Waals surface area contributed by atoms with Crippen molar-refractivity contribution in [2.24, 2.45) is 5.92 Å². The summed E-state index contributed by atoms with van der Waals surface area (Å²) in [6.07, 6.45) is 5.87. The van der Waals surface area contributed by atoms with Crippen LogP contribution >= 0.6 is 23.2 Å². The number of carboxylic acids is 1. The van der Waals surface area contributed by atoms with E-state index < -0.39 is 5.97 Å². The molecule has 0 atom stereocenters. The van der Waals surface area contributed by atoms with Gasteiger partial charge in [-0.05, 0) is 66.4 Å². The van der Waals surface area contributed by atoms with Crippen molar-refractivity contribution in [3.8, 4) is 5.75 Å². The van der Waals surface area contributed by atoms with E-state index in [0.29, 0.717) is 47.3 Å². The largest absolute Gasteiger partial charge is 0.486 e. The number of fused-ring (bicyclic) bond motifs is 1. The molecule has 0 unspecified atom stereocenters. The van der Waals surface area contributed by atoms with Crippen LogP contribution in [0.4, 0.5) is 0 Å². The van der Waals surface area contributed by atoms with Gasteiger partial charge in [0.05, 0.1) is 40.1 Å². The molecular formula is C29H25Cl2N5O4. The van der Waals surface area contributed by atoms with Crippen molar-refractivity contribution in [1.82, 2.24) is 24.4 Å². The quantitative estimate of drug-likeness (QED) is 0.224. The van der Waals surface area contributed by atoms with Gasteiger partial charge in [0.25, 0.3) is 0 Å². The molecule has 2 aromatic carbocycles. The number of aromatic carboxylic acids is 1. The number of rotatable bonds is 10. The number of carboxylic acid groups (broad SMARTS) is 1. The molecule has 4 heterocycles. The number of hydrogen-bond acceptors (Lipinski definition) is 7. The Morgan fingerprint density at radius 2 is 1.93 bits per heavy atom. The summed E-state index contributed by atoms with van der Waals surface area (Å²) in [6.45, 7) is 3.19. The summed E-state index contributed by atoms with van der Waals surface area (Å²) in [5, 5.41) is 10.5. The third-order valence-electron chi connectivity index (χ3n) is 6.92. The number of oxazole rings is 1. The fourth-order valence-electron chi connectivity index (χ4n) is 5.02. The second kappa shape index (κ2) is 11.3. The Hall–Kier alpha value is -3.92. The first-order valence-electron chi connectivity index (χ1n) is 12.8. The van der Waals surface area contributed by atoms with E-state index in [9.17, 15) is 9.90 Å². The topological polar surface area (TPSA) is 107 Å². The first-order chi connectivity index (χ1) is 19.4. The van der Waals surface area contributed by atoms with Crippen LogP contribution in [0.3, 0.4) is 0 Å². The zero-order chi connectivity index (χ0) is 27.6. The van der Waals surface area contributed by atoms with E-state index >= 15 is 0 Å². The van der Waals surface area contributed by atoms with Crippen molar-refractivity contribution >= 4 is 40.2 Å². The van der Waals surface area contributed by atoms with Crippen molar-refractivity contribution in [2.75, 3.05) is 13.1 Å². The molecule has 0 bridgehead atoms. The minimum Gasteiger partial charge on any atom is -0.486 e. The molecule has 1 saturated heterocycles. The number of imidazole rings is 1. The standard InChI is InChI=1S/C29H25Cl2N5O4/c30-21-2-4-26(23(31)12-21)40-17-22-10-18(5-6-32-22)9-19-13-35(14-19)15-27-34-24-3-1-20(29(37)38)11-25(24)36(27)16-28-33-7-8-39-28/h1-8,10-12,19H,9,13-17H2,(H,37,38). The van der Waals surface area contributed by atoms with Gasteiger partial charge in [-0.1, -0.05) is 23.2 Å². The molecule has 1 N–H and O–H groups in total. The third-order valence-corrected chi connectivity index (χ3v) is 7.45. The molecule has 204 valence electrons.